The third-order valence-corrected chi connectivity index (χ3v) is 3.20. The van der Waals surface area contributed by atoms with Crippen molar-refractivity contribution in [3.8, 4) is 11.9 Å². The zero-order valence-corrected chi connectivity index (χ0v) is 18.2. The maximum Gasteiger partial charge on any atom is 0.344 e. The molecule has 6 nitrogen and oxygen atoms in total. The number of Topliss-reactive ketones (excluding diaryl/α,β-unsaturated/α-hetero) is 2. The summed E-state index contributed by atoms with van der Waals surface area (Å²) in [4.78, 5) is 36.9. The van der Waals surface area contributed by atoms with E-state index in [1.54, 1.807) is 37.3 Å². The van der Waals surface area contributed by atoms with Gasteiger partial charge in [-0.1, -0.05) is 49.6 Å². The molecule has 2 aromatic rings. The lowest BCUT2D eigenvalue weighted by Crippen LogP contribution is -2.11. The number of rotatable bonds is 5. The van der Waals surface area contributed by atoms with E-state index in [0.29, 0.717) is 11.3 Å². The van der Waals surface area contributed by atoms with Gasteiger partial charge in [-0.05, 0) is 52.0 Å². The van der Waals surface area contributed by atoms with Crippen molar-refractivity contribution < 1.29 is 19.1 Å². The van der Waals surface area contributed by atoms with E-state index < -0.39 is 5.97 Å². The Labute approximate surface area is 183 Å². The second kappa shape index (κ2) is 14.8. The van der Waals surface area contributed by atoms with Crippen molar-refractivity contribution in [3.05, 3.63) is 96.2 Å². The number of carbonyl (C=O) groups is 3. The lowest BCUT2D eigenvalue weighted by atomic mass is 10.1. The minimum Gasteiger partial charge on any atom is -0.402 e. The summed E-state index contributed by atoms with van der Waals surface area (Å²) < 4.78 is 5.15. The Kier molecular flexibility index (Phi) is 12.9. The van der Waals surface area contributed by atoms with Crippen LogP contribution in [0.2, 0.25) is 0 Å². The molecule has 0 unspecified atom stereocenters. The molecule has 0 atom stereocenters. The van der Waals surface area contributed by atoms with Gasteiger partial charge in [0.2, 0.25) is 5.88 Å². The number of benzene rings is 1. The highest BCUT2D eigenvalue weighted by Crippen LogP contribution is 2.17. The number of esters is 1. The van der Waals surface area contributed by atoms with Gasteiger partial charge in [-0.3, -0.25) is 4.79 Å². The average Bonchev–Trinajstić information content (AvgIpc) is 2.72. The molecule has 0 radical (unpaired) electrons. The number of carbonyl (C=O) groups excluding carboxylic acids is 3. The molecule has 6 heteroatoms. The number of ketones is 2. The van der Waals surface area contributed by atoms with E-state index in [1.165, 1.54) is 39.0 Å². The summed E-state index contributed by atoms with van der Waals surface area (Å²) in [6.45, 7) is 13.1. The monoisotopic (exact) mass is 418 g/mol. The van der Waals surface area contributed by atoms with Crippen molar-refractivity contribution in [1.29, 1.82) is 5.26 Å². The van der Waals surface area contributed by atoms with E-state index in [1.807, 2.05) is 18.2 Å². The second-order valence-corrected chi connectivity index (χ2v) is 6.21. The molecular weight excluding hydrogens is 392 g/mol. The van der Waals surface area contributed by atoms with Crippen LogP contribution in [0.3, 0.4) is 0 Å². The molecule has 1 aromatic heterocycles. The van der Waals surface area contributed by atoms with Gasteiger partial charge in [0.15, 0.2) is 5.78 Å². The number of ether oxygens (including phenoxy) is 1. The molecule has 2 rings (SSSR count). The van der Waals surface area contributed by atoms with E-state index >= 15 is 0 Å². The van der Waals surface area contributed by atoms with Gasteiger partial charge in [-0.15, -0.1) is 0 Å². The van der Waals surface area contributed by atoms with Crippen LogP contribution in [0.5, 0.6) is 5.88 Å². The van der Waals surface area contributed by atoms with E-state index in [2.05, 4.69) is 18.1 Å². The van der Waals surface area contributed by atoms with Crippen LogP contribution in [0, 0.1) is 18.3 Å². The van der Waals surface area contributed by atoms with E-state index in [-0.39, 0.29) is 28.6 Å². The van der Waals surface area contributed by atoms with E-state index in [9.17, 15) is 14.4 Å². The number of hydrogen-bond acceptors (Lipinski definition) is 6. The van der Waals surface area contributed by atoms with Crippen molar-refractivity contribution >= 4 is 17.5 Å². The molecule has 1 heterocycles. The van der Waals surface area contributed by atoms with Crippen LogP contribution in [-0.2, 0) is 4.79 Å². The summed E-state index contributed by atoms with van der Waals surface area (Å²) in [5.41, 5.74) is 1.46. The van der Waals surface area contributed by atoms with E-state index in [0.717, 1.165) is 0 Å². The smallest absolute Gasteiger partial charge is 0.344 e. The minimum absolute atomic E-state index is 0.0317. The van der Waals surface area contributed by atoms with Crippen molar-refractivity contribution in [2.24, 2.45) is 0 Å². The summed E-state index contributed by atoms with van der Waals surface area (Å²) >= 11 is 0. The molecule has 1 aromatic carbocycles. The molecule has 0 fully saturated rings. The molecule has 0 aliphatic heterocycles. The summed E-state index contributed by atoms with van der Waals surface area (Å²) in [6, 6.07) is 11.3. The number of allylic oxidation sites excluding steroid dienone is 4. The van der Waals surface area contributed by atoms with Gasteiger partial charge in [0.05, 0.1) is 5.56 Å². The third kappa shape index (κ3) is 11.5. The van der Waals surface area contributed by atoms with Crippen LogP contribution < -0.4 is 4.74 Å². The Morgan fingerprint density at radius 1 is 1.00 bits per heavy atom. The molecule has 0 bridgehead atoms. The molecule has 0 N–H and O–H groups in total. The quantitative estimate of drug-likeness (QED) is 0.376. The van der Waals surface area contributed by atoms with Gasteiger partial charge in [-0.2, -0.15) is 5.26 Å². The maximum atomic E-state index is 12.1. The molecule has 0 amide bonds. The first-order valence-electron chi connectivity index (χ1n) is 9.24. The number of aryl methyl sites for hydroxylation is 1. The van der Waals surface area contributed by atoms with Crippen molar-refractivity contribution in [3.63, 3.8) is 0 Å². The fraction of sp³-hybridized carbons (Fsp3) is 0.160. The molecule has 0 saturated heterocycles. The number of aromatic nitrogens is 1. The first-order valence-corrected chi connectivity index (χ1v) is 9.24. The largest absolute Gasteiger partial charge is 0.402 e. The molecule has 0 aliphatic rings. The lowest BCUT2D eigenvalue weighted by Gasteiger charge is -2.06. The van der Waals surface area contributed by atoms with Gasteiger partial charge in [0.1, 0.15) is 17.4 Å². The maximum absolute atomic E-state index is 12.1. The molecule has 31 heavy (non-hydrogen) atoms. The van der Waals surface area contributed by atoms with E-state index in [4.69, 9.17) is 10.00 Å². The van der Waals surface area contributed by atoms with Crippen molar-refractivity contribution in [2.45, 2.75) is 27.7 Å². The molecule has 160 valence electrons. The number of pyridine rings is 1. The summed E-state index contributed by atoms with van der Waals surface area (Å²) in [5, 5.41) is 8.98. The summed E-state index contributed by atoms with van der Waals surface area (Å²) in [7, 11) is 0. The van der Waals surface area contributed by atoms with Gasteiger partial charge < -0.3 is 9.53 Å². The highest BCUT2D eigenvalue weighted by Gasteiger charge is 2.14. The van der Waals surface area contributed by atoms with Crippen LogP contribution in [0.25, 0.3) is 0 Å². The Morgan fingerprint density at radius 2 is 1.55 bits per heavy atom. The topological polar surface area (TPSA) is 97.1 Å². The van der Waals surface area contributed by atoms with Crippen LogP contribution >= 0.6 is 0 Å². The number of hydrogen-bond donors (Lipinski definition) is 0. The summed E-state index contributed by atoms with van der Waals surface area (Å²) in [6.07, 6.45) is 7.07. The molecule has 0 saturated carbocycles. The predicted octanol–water partition coefficient (Wildman–Crippen LogP) is 5.19. The highest BCUT2D eigenvalue weighted by molar-refractivity contribution is 5.98. The van der Waals surface area contributed by atoms with Crippen molar-refractivity contribution in [1.82, 2.24) is 4.98 Å². The normalized spacial score (nSPS) is 9.13. The minimum atomic E-state index is -0.660. The highest BCUT2D eigenvalue weighted by atomic mass is 16.5. The Hall–Kier alpha value is -4.11. The first kappa shape index (κ1) is 26.9. The van der Waals surface area contributed by atoms with Gasteiger partial charge in [0, 0.05) is 11.3 Å². The van der Waals surface area contributed by atoms with Crippen LogP contribution in [-0.4, -0.2) is 22.5 Å². The number of nitriles is 1. The second-order valence-electron chi connectivity index (χ2n) is 6.21. The fourth-order valence-corrected chi connectivity index (χ4v) is 1.86. The Bertz CT molecular complexity index is 1000. The van der Waals surface area contributed by atoms with Gasteiger partial charge in [0.25, 0.3) is 0 Å². The van der Waals surface area contributed by atoms with Crippen LogP contribution in [0.15, 0.2) is 73.9 Å². The van der Waals surface area contributed by atoms with Crippen LogP contribution in [0.4, 0.5) is 0 Å². The zero-order valence-electron chi connectivity index (χ0n) is 18.2. The summed E-state index contributed by atoms with van der Waals surface area (Å²) in [5.74, 6) is -0.667. The predicted molar refractivity (Wildman–Crippen MR) is 121 cm³/mol. The third-order valence-electron chi connectivity index (χ3n) is 3.20. The van der Waals surface area contributed by atoms with Gasteiger partial charge in [-0.25, -0.2) is 9.78 Å². The molecule has 0 spiro atoms. The van der Waals surface area contributed by atoms with Crippen LogP contribution in [0.1, 0.15) is 52.7 Å². The zero-order chi connectivity index (χ0) is 23.8. The first-order chi connectivity index (χ1) is 14.7. The van der Waals surface area contributed by atoms with Crippen molar-refractivity contribution in [2.75, 3.05) is 0 Å². The lowest BCUT2D eigenvalue weighted by molar-refractivity contribution is -0.115. The fourth-order valence-electron chi connectivity index (χ4n) is 1.86. The standard InChI is InChI=1S/C16H12N2O3.C6H8.C3H6O/c1-10-6-7-14(9-17)15(18-10)21-16(20)13-5-3-4-12(8-13)11(2)19;1-3-5-6-4-2;1-3(2)4/h3-8H,1-2H3;3-6H,1-2H2;1-2H3/b;6-5-;. The SMILES string of the molecule is C=C/C=C\C=C.CC(=O)c1cccc(C(=O)Oc2nc(C)ccc2C#N)c1.CC(C)=O. The average molecular weight is 418 g/mol. The van der Waals surface area contributed by atoms with Gasteiger partial charge >= 0.3 is 5.97 Å². The molecule has 0 aliphatic carbocycles. The Morgan fingerprint density at radius 3 is 2.03 bits per heavy atom. The molecular formula is C25H26N2O4. The number of nitrogens with zero attached hydrogens (tertiary/aromatic N) is 2. The Balaban J connectivity index is 0.000000753.